The first kappa shape index (κ1) is 74.3. The maximum Gasteiger partial charge on any atom is 0.494 e. The molecule has 2 fully saturated rings. The minimum absolute atomic E-state index is 0.177. The average molecular weight is 1520 g/mol. The molecule has 20 rings (SSSR count). The summed E-state index contributed by atoms with van der Waals surface area (Å²) in [5.74, 6) is 2.91. The predicted octanol–water partition coefficient (Wildman–Crippen LogP) is 24.6. The first-order valence-electron chi connectivity index (χ1n) is 38.9. The van der Waals surface area contributed by atoms with Gasteiger partial charge < -0.3 is 23.8 Å². The van der Waals surface area contributed by atoms with Crippen molar-refractivity contribution in [1.82, 2.24) is 39.0 Å². The highest BCUT2D eigenvalue weighted by molar-refractivity contribution is 6.62. The van der Waals surface area contributed by atoms with Crippen LogP contribution in [-0.4, -0.2) is 70.6 Å². The zero-order valence-corrected chi connectivity index (χ0v) is 65.0. The van der Waals surface area contributed by atoms with Gasteiger partial charge in [-0.05, 0) is 177 Å². The maximum absolute atomic E-state index is 6.26. The summed E-state index contributed by atoms with van der Waals surface area (Å²) in [4.78, 5) is 33.1. The highest BCUT2D eigenvalue weighted by atomic mass is 35.5. The summed E-state index contributed by atoms with van der Waals surface area (Å²) in [6, 6.07) is 129. The number of fused-ring (bicyclic) bond motifs is 6. The second kappa shape index (κ2) is 33.5. The van der Waals surface area contributed by atoms with Crippen molar-refractivity contribution in [1.29, 1.82) is 0 Å². The van der Waals surface area contributed by atoms with E-state index in [1.807, 2.05) is 114 Å². The molecule has 2 saturated heterocycles. The van der Waals surface area contributed by atoms with Gasteiger partial charge in [0.05, 0.1) is 33.3 Å². The van der Waals surface area contributed by atoms with Gasteiger partial charge >= 0.3 is 7.12 Å². The minimum atomic E-state index is -0.365. The van der Waals surface area contributed by atoms with Gasteiger partial charge in [-0.3, -0.25) is 9.13 Å². The van der Waals surface area contributed by atoms with Gasteiger partial charge in [0, 0.05) is 85.6 Å². The van der Waals surface area contributed by atoms with E-state index in [9.17, 15) is 0 Å². The highest BCUT2D eigenvalue weighted by Gasteiger charge is 2.51. The number of hydrogen-bond donors (Lipinski definition) is 0. The van der Waals surface area contributed by atoms with E-state index < -0.39 is 0 Å². The van der Waals surface area contributed by atoms with E-state index in [1.165, 1.54) is 12.8 Å². The van der Waals surface area contributed by atoms with Crippen molar-refractivity contribution >= 4 is 102 Å². The normalized spacial score (nSPS) is 13.3. The Hall–Kier alpha value is -13.5. The molecule has 18 aromatic rings. The molecule has 0 unspecified atom stereocenters. The van der Waals surface area contributed by atoms with Gasteiger partial charge in [0.1, 0.15) is 0 Å². The third kappa shape index (κ3) is 16.1. The number of nitrogens with zero attached hydrogens (tertiary/aromatic N) is 10. The van der Waals surface area contributed by atoms with Crippen LogP contribution >= 0.6 is 11.6 Å². The van der Waals surface area contributed by atoms with Gasteiger partial charge in [-0.2, -0.15) is 24.9 Å². The average Bonchev–Trinajstić information content (AvgIpc) is 1.60. The van der Waals surface area contributed by atoms with Crippen LogP contribution in [0.2, 0.25) is 5.28 Å². The Labute approximate surface area is 675 Å². The molecule has 0 spiro atoms. The Balaban J connectivity index is 0.000000127. The summed E-state index contributed by atoms with van der Waals surface area (Å²) < 4.78 is 21.6. The second-order valence-electron chi connectivity index (χ2n) is 29.2. The minimum Gasteiger partial charge on any atom is -0.399 e. The van der Waals surface area contributed by atoms with Crippen molar-refractivity contribution in [2.75, 3.05) is 23.0 Å². The number of aromatic nitrogens is 8. The van der Waals surface area contributed by atoms with Crippen molar-refractivity contribution < 1.29 is 14.0 Å². The fourth-order valence-corrected chi connectivity index (χ4v) is 14.9. The van der Waals surface area contributed by atoms with Crippen LogP contribution in [0.25, 0.3) is 112 Å². The third-order valence-electron chi connectivity index (χ3n) is 21.2. The lowest BCUT2D eigenvalue weighted by Gasteiger charge is -2.32. The molecule has 15 heteroatoms. The van der Waals surface area contributed by atoms with E-state index in [-0.39, 0.29) is 23.6 Å². The molecule has 115 heavy (non-hydrogen) atoms. The largest absolute Gasteiger partial charge is 0.494 e. The lowest BCUT2D eigenvalue weighted by Crippen LogP contribution is -2.41. The van der Waals surface area contributed by atoms with Gasteiger partial charge in [-0.25, -0.2) is 4.98 Å². The molecule has 0 radical (unpaired) electrons. The molecule has 0 saturated carbocycles. The fraction of sp³-hybridized carbons (Fsp3) is 0.100. The van der Waals surface area contributed by atoms with E-state index in [1.54, 1.807) is 0 Å². The van der Waals surface area contributed by atoms with Crippen molar-refractivity contribution in [2.45, 2.75) is 51.7 Å². The van der Waals surface area contributed by atoms with Gasteiger partial charge in [0.25, 0.3) is 0 Å². The van der Waals surface area contributed by atoms with Crippen molar-refractivity contribution in [2.24, 2.45) is 0 Å². The molecular weight excluding hydrogens is 1440 g/mol. The van der Waals surface area contributed by atoms with Crippen LogP contribution in [-0.2, 0) is 14.0 Å². The van der Waals surface area contributed by atoms with Crippen molar-refractivity contribution in [3.05, 3.63) is 381 Å². The van der Waals surface area contributed by atoms with Crippen LogP contribution in [0.15, 0.2) is 376 Å². The fourth-order valence-electron chi connectivity index (χ4n) is 14.7. The zero-order chi connectivity index (χ0) is 78.1. The first-order chi connectivity index (χ1) is 56.4. The molecule has 2 aliphatic rings. The SMILES string of the molecule is C1CCOC1.CC1(C)OB(c2cccc(-c3ccc(N(c4ccccc4)c4ccccc4)cc3)c2)OC1(C)C.Clc1nc(-c2ccccc2)nc(-n2c3ccccc3c3ccccc32)n1.c1ccc(-c2nc(-c3ccc(-c4cccc(N(c5ccccc5)c5ccccc5)c4)cc3)nc(-n3c4ccccc4c4ccccc43)n2)cc1. The van der Waals surface area contributed by atoms with E-state index in [0.717, 1.165) is 135 Å². The standard InChI is InChI=1S/C45H31N5.C30H30BNO2.C21H13ClN4.C4H8O/c1-4-15-33(16-5-1)43-46-44(48-45(47-43)50-41-25-12-10-23-39(41)40-24-11-13-26-42(40)50)34-29-27-32(28-30-34)35-17-14-22-38(31-35)49(36-18-6-2-7-19-36)37-20-8-3-9-21-37;1-29(2)30(3,4)34-31(33-29)25-13-11-12-24(22-25)23-18-20-28(21-19-23)32(26-14-7-5-8-15-26)27-16-9-6-10-17-27;22-20-23-19(14-8-2-1-3-9-14)24-21(25-20)26-17-12-6-4-10-15(17)16-11-5-7-13-18(16)26;1-2-4-5-3-1/h1-31H;5-22H,1-4H3;1-13H;1-4H2. The van der Waals surface area contributed by atoms with Gasteiger partial charge in [-0.1, -0.05) is 279 Å². The molecule has 4 aromatic heterocycles. The van der Waals surface area contributed by atoms with Crippen LogP contribution in [0, 0.1) is 0 Å². The number of halogens is 1. The third-order valence-corrected chi connectivity index (χ3v) is 21.3. The molecule has 0 N–H and O–H groups in total. The quantitative estimate of drug-likeness (QED) is 0.0968. The lowest BCUT2D eigenvalue weighted by atomic mass is 9.78. The predicted molar refractivity (Wildman–Crippen MR) is 472 cm³/mol. The highest BCUT2D eigenvalue weighted by Crippen LogP contribution is 2.41. The summed E-state index contributed by atoms with van der Waals surface area (Å²) >= 11 is 6.24. The van der Waals surface area contributed by atoms with Crippen LogP contribution in [0.3, 0.4) is 0 Å². The summed E-state index contributed by atoms with van der Waals surface area (Å²) in [6.07, 6.45) is 2.56. The number of ether oxygens (including phenoxy) is 1. The first-order valence-corrected chi connectivity index (χ1v) is 39.2. The van der Waals surface area contributed by atoms with E-state index in [4.69, 9.17) is 45.6 Å². The van der Waals surface area contributed by atoms with Crippen molar-refractivity contribution in [3.8, 4) is 68.3 Å². The van der Waals surface area contributed by atoms with Gasteiger partial charge in [0.15, 0.2) is 17.5 Å². The Kier molecular flexibility index (Phi) is 21.6. The number of hydrogen-bond acceptors (Lipinski definition) is 11. The van der Waals surface area contributed by atoms with Crippen LogP contribution in [0.1, 0.15) is 40.5 Å². The Bertz CT molecular complexity index is 6150. The summed E-state index contributed by atoms with van der Waals surface area (Å²) in [6.45, 7) is 10.3. The van der Waals surface area contributed by atoms with Gasteiger partial charge in [0.2, 0.25) is 17.2 Å². The van der Waals surface area contributed by atoms with Crippen molar-refractivity contribution in [3.63, 3.8) is 0 Å². The molecule has 14 aromatic carbocycles. The summed E-state index contributed by atoms with van der Waals surface area (Å²) in [5.41, 5.74) is 18.5. The molecule has 0 bridgehead atoms. The lowest BCUT2D eigenvalue weighted by molar-refractivity contribution is 0.00578. The summed E-state index contributed by atoms with van der Waals surface area (Å²) in [7, 11) is -0.365. The second-order valence-corrected chi connectivity index (χ2v) is 29.5. The Morgan fingerprint density at radius 2 is 0.591 bits per heavy atom. The molecular formula is C100H82BClN10O3. The van der Waals surface area contributed by atoms with E-state index >= 15 is 0 Å². The number of rotatable bonds is 14. The number of benzene rings is 14. The number of para-hydroxylation sites is 8. The smallest absolute Gasteiger partial charge is 0.399 e. The number of anilines is 6. The Morgan fingerprint density at radius 3 is 1.00 bits per heavy atom. The summed E-state index contributed by atoms with van der Waals surface area (Å²) in [5, 5.41) is 4.81. The van der Waals surface area contributed by atoms with Crippen LogP contribution in [0.5, 0.6) is 0 Å². The van der Waals surface area contributed by atoms with Crippen LogP contribution < -0.4 is 15.3 Å². The molecule has 0 amide bonds. The molecule has 2 aliphatic heterocycles. The topological polar surface area (TPSA) is 121 Å². The molecule has 560 valence electrons. The monoisotopic (exact) mass is 1520 g/mol. The molecule has 13 nitrogen and oxygen atoms in total. The van der Waals surface area contributed by atoms with Gasteiger partial charge in [-0.15, -0.1) is 0 Å². The Morgan fingerprint density at radius 1 is 0.287 bits per heavy atom. The van der Waals surface area contributed by atoms with E-state index in [0.29, 0.717) is 29.4 Å². The molecule has 6 heterocycles. The van der Waals surface area contributed by atoms with Crippen LogP contribution in [0.4, 0.5) is 34.1 Å². The molecule has 0 atom stereocenters. The zero-order valence-electron chi connectivity index (χ0n) is 64.3. The molecule has 0 aliphatic carbocycles. The van der Waals surface area contributed by atoms with E-state index in [2.05, 4.69) is 319 Å². The maximum atomic E-state index is 6.26.